The first-order chi connectivity index (χ1) is 55.4. The molecule has 11 fully saturated rings. The van der Waals surface area contributed by atoms with Crippen LogP contribution in [0.15, 0.2) is 35.9 Å². The molecule has 670 valence electrons. The molecule has 1 aromatic carbocycles. The number of benzene rings is 1. The molecule has 118 heavy (non-hydrogen) atoms. The first-order valence-electron chi connectivity index (χ1n) is 40.8. The van der Waals surface area contributed by atoms with E-state index >= 15 is 4.79 Å². The molecule has 1 amide bonds. The Morgan fingerprint density at radius 1 is 0.508 bits per heavy atom. The number of ether oxygens (including phenoxy) is 15. The van der Waals surface area contributed by atoms with Crippen molar-refractivity contribution in [3.05, 3.63) is 41.5 Å². The summed E-state index contributed by atoms with van der Waals surface area (Å²) in [5.74, 6) is -3.83. The molecule has 5 aliphatic carbocycles. The van der Waals surface area contributed by atoms with Crippen molar-refractivity contribution in [3.8, 4) is 0 Å². The molecule has 7 aliphatic heterocycles. The van der Waals surface area contributed by atoms with Gasteiger partial charge >= 0.3 is 11.9 Å². The molecule has 0 bridgehead atoms. The number of hydrogen-bond acceptors (Lipinski definition) is 38. The van der Waals surface area contributed by atoms with Gasteiger partial charge in [-0.1, -0.05) is 72.2 Å². The predicted octanol–water partition coefficient (Wildman–Crippen LogP) is -5.70. The van der Waals surface area contributed by atoms with Crippen LogP contribution in [0.25, 0.3) is 0 Å². The number of aliphatic hydroxyl groups is 19. The Morgan fingerprint density at radius 3 is 1.67 bits per heavy atom. The first-order valence-corrected chi connectivity index (χ1v) is 40.8. The van der Waals surface area contributed by atoms with Crippen molar-refractivity contribution in [1.29, 1.82) is 0 Å². The van der Waals surface area contributed by atoms with E-state index in [0.717, 1.165) is 5.57 Å². The van der Waals surface area contributed by atoms with Crippen molar-refractivity contribution >= 4 is 23.5 Å². The maximum Gasteiger partial charge on any atom is 0.340 e. The molecule has 7 heterocycles. The van der Waals surface area contributed by atoms with Gasteiger partial charge in [0.05, 0.1) is 63.0 Å². The van der Waals surface area contributed by atoms with E-state index in [9.17, 15) is 107 Å². The van der Waals surface area contributed by atoms with E-state index < -0.39 is 317 Å². The van der Waals surface area contributed by atoms with Gasteiger partial charge in [-0.2, -0.15) is 0 Å². The van der Waals surface area contributed by atoms with Gasteiger partial charge in [0.1, 0.15) is 152 Å². The number of nitrogen functional groups attached to an aromatic ring is 1. The quantitative estimate of drug-likeness (QED) is 0.0250. The van der Waals surface area contributed by atoms with E-state index in [1.165, 1.54) is 32.9 Å². The van der Waals surface area contributed by atoms with E-state index in [2.05, 4.69) is 46.0 Å². The Labute approximate surface area is 680 Å². The molecule has 0 spiro atoms. The molecule has 1 aromatic rings. The lowest BCUT2D eigenvalue weighted by Crippen LogP contribution is -2.70. The monoisotopic (exact) mass is 1690 g/mol. The number of nitrogens with two attached hydrogens (primary N) is 1. The number of nitrogens with one attached hydrogen (secondary N) is 1. The van der Waals surface area contributed by atoms with Crippen LogP contribution < -0.4 is 11.1 Å². The van der Waals surface area contributed by atoms with Crippen LogP contribution >= 0.6 is 0 Å². The Morgan fingerprint density at radius 2 is 1.04 bits per heavy atom. The van der Waals surface area contributed by atoms with Gasteiger partial charge in [-0.25, -0.2) is 4.79 Å². The number of fused-ring (bicyclic) bond motifs is 7. The molecule has 0 unspecified atom stereocenters. The Kier molecular flexibility index (Phi) is 27.2. The van der Waals surface area contributed by atoms with Crippen LogP contribution in [0, 0.1) is 50.2 Å². The number of aliphatic hydroxyl groups excluding tert-OH is 19. The van der Waals surface area contributed by atoms with Crippen LogP contribution in [0.1, 0.15) is 131 Å². The molecule has 13 rings (SSSR count). The van der Waals surface area contributed by atoms with Crippen molar-refractivity contribution in [2.45, 2.75) is 342 Å². The van der Waals surface area contributed by atoms with Crippen molar-refractivity contribution in [1.82, 2.24) is 5.32 Å². The summed E-state index contributed by atoms with van der Waals surface area (Å²) < 4.78 is 91.2. The summed E-state index contributed by atoms with van der Waals surface area (Å²) in [4.78, 5) is 44.1. The number of amides is 1. The van der Waals surface area contributed by atoms with Gasteiger partial charge in [-0.05, 0) is 110 Å². The van der Waals surface area contributed by atoms with Gasteiger partial charge in [0.25, 0.3) is 0 Å². The fourth-order valence-corrected chi connectivity index (χ4v) is 21.6. The van der Waals surface area contributed by atoms with Gasteiger partial charge in [0.2, 0.25) is 12.2 Å². The zero-order chi connectivity index (χ0) is 86.0. The van der Waals surface area contributed by atoms with Crippen LogP contribution in [0.5, 0.6) is 0 Å². The third-order valence-corrected chi connectivity index (χ3v) is 28.9. The van der Waals surface area contributed by atoms with Crippen LogP contribution in [0.3, 0.4) is 0 Å². The van der Waals surface area contributed by atoms with Crippen molar-refractivity contribution in [3.63, 3.8) is 0 Å². The van der Waals surface area contributed by atoms with E-state index in [1.54, 1.807) is 12.1 Å². The summed E-state index contributed by atoms with van der Waals surface area (Å²) >= 11 is 0. The topological polar surface area (TPSA) is 612 Å². The molecule has 7 saturated heterocycles. The molecular formula is C79H122N2O37. The summed E-state index contributed by atoms with van der Waals surface area (Å²) in [5, 5.41) is 215. The lowest BCUT2D eigenvalue weighted by atomic mass is 9.33. The highest BCUT2D eigenvalue weighted by atomic mass is 16.8. The van der Waals surface area contributed by atoms with Crippen molar-refractivity contribution in [2.75, 3.05) is 38.8 Å². The van der Waals surface area contributed by atoms with Crippen LogP contribution in [0.4, 0.5) is 5.69 Å². The molecule has 12 aliphatic rings. The second-order valence-corrected chi connectivity index (χ2v) is 36.7. The maximum absolute atomic E-state index is 16.6. The van der Waals surface area contributed by atoms with E-state index in [1.807, 2.05) is 13.8 Å². The van der Waals surface area contributed by atoms with E-state index in [4.69, 9.17) is 76.8 Å². The van der Waals surface area contributed by atoms with E-state index in [0.29, 0.717) is 32.1 Å². The summed E-state index contributed by atoms with van der Waals surface area (Å²) in [7, 11) is 0. The molecule has 0 aromatic heterocycles. The summed E-state index contributed by atoms with van der Waals surface area (Å²) in [6, 6.07) is 4.87. The zero-order valence-electron chi connectivity index (χ0n) is 67.5. The number of esters is 2. The SMILES string of the molecule is CC(=O)N[C@H]1[C@H](O[C@H]2CC[C@]3(C)[C@H]4CC=C5[C@@H]6CC(C)(C)[C@@H](OC(=O)c7ccccc7N)C[C@]6(C(=O)O[C@@H]6O[C@@H](CO[C@@H]7O[C@H](CO)[C@@H](O)[C@H](O)[C@H]7O)[C@@H](O)[C@H](O)[C@H]6O[C@@H]6O[C@@H](C)[C@H](O[C@@H]7OC[C@@H](O)[C@H](O)[C@H]7O)[C@@H](O)[C@@H]6O)[C@H](O)C[C@@]5(C)[C@]4(C)CC[C@H]3C2(C)C)O[C@@H](CO[C@@H]2O[C@H](C)[C@H](O)[C@H](O)[C@H]2O[C@@H]2OC[C@@H](O)[C@H](O)[C@H]2O)[C@@H](O)[C@@H]1O. The number of hydrogen-bond donors (Lipinski definition) is 21. The lowest BCUT2D eigenvalue weighted by Gasteiger charge is -2.72. The fourth-order valence-electron chi connectivity index (χ4n) is 21.6. The minimum atomic E-state index is -2.23. The number of allylic oxidation sites excluding steroid dienone is 2. The maximum atomic E-state index is 16.6. The highest BCUT2D eigenvalue weighted by molar-refractivity contribution is 5.95. The van der Waals surface area contributed by atoms with Gasteiger partial charge in [-0.15, -0.1) is 0 Å². The predicted molar refractivity (Wildman–Crippen MR) is 394 cm³/mol. The molecule has 4 saturated carbocycles. The first kappa shape index (κ1) is 91.6. The van der Waals surface area contributed by atoms with Gasteiger partial charge < -0.3 is 179 Å². The zero-order valence-corrected chi connectivity index (χ0v) is 67.5. The Bertz CT molecular complexity index is 3680. The van der Waals surface area contributed by atoms with Crippen LogP contribution in [-0.2, 0) is 80.6 Å². The third-order valence-electron chi connectivity index (χ3n) is 28.9. The molecule has 43 atom stereocenters. The summed E-state index contributed by atoms with van der Waals surface area (Å²) in [6.07, 6.45) is -54.9. The molecule has 22 N–H and O–H groups in total. The number of carbonyl (C=O) groups is 3. The summed E-state index contributed by atoms with van der Waals surface area (Å²) in [5.41, 5.74) is 1.27. The average molecular weight is 1690 g/mol. The molecule has 39 nitrogen and oxygen atoms in total. The molecule has 39 heteroatoms. The Hall–Kier alpha value is -4.11. The highest BCUT2D eigenvalue weighted by Gasteiger charge is 2.74. The lowest BCUT2D eigenvalue weighted by molar-refractivity contribution is -0.378. The normalized spacial score (nSPS) is 50.7. The standard InChI is InChI=1S/C79H122N2O37/c1-29-47(87)55(95)63(116-69-59(99)49(89)37(85)26-105-69)71(108-29)107-28-39-51(91)53(93)46(81-31(3)83)66(111-39)114-44-18-19-76(8)41(75(44,6)7)17-20-77(9)42(76)16-15-33-34-21-74(4,5)45(113-65(102)32-13-11-12-14-35(32)80)23-79(34,43(86)22-78(33,77)10)73(103)118-72-64(56(96)52(92)40(112-72)27-106-67-60(100)54(94)50(90)38(24-82)110-67)117-70-61(101)57(97)62(30(2)109-70)115-68-58(98)48(88)36(84)25-104-68/h11-15,29-30,34,36-64,66-72,82,84-101H,16-28,80H2,1-10H3,(H,81,83)/t29-,30+,34+,36-,37-,38-,39+,40+,41+,42-,43-,44+,45+,46-,47+,48+,49+,50-,51-,52-,53-,54+,55+,56+,57+,58-,59-,60-,61+,62+,63-,64-,66+,67-,68+,69+,70+,71-,72+,76+,77-,78-,79-/m1/s1. The summed E-state index contributed by atoms with van der Waals surface area (Å²) in [6.45, 7) is 15.3. The third kappa shape index (κ3) is 16.4. The second kappa shape index (κ2) is 35.0. The fraction of sp³-hybridized carbons (Fsp3) is 0.861. The second-order valence-electron chi connectivity index (χ2n) is 36.7. The molecule has 0 radical (unpaired) electrons. The highest BCUT2D eigenvalue weighted by Crippen LogP contribution is 2.76. The van der Waals surface area contributed by atoms with Gasteiger partial charge in [-0.3, -0.25) is 9.59 Å². The van der Waals surface area contributed by atoms with Crippen molar-refractivity contribution in [2.24, 2.45) is 50.2 Å². The van der Waals surface area contributed by atoms with E-state index in [-0.39, 0.29) is 35.9 Å². The van der Waals surface area contributed by atoms with Gasteiger partial charge in [0, 0.05) is 24.4 Å². The number of para-hydroxylation sites is 1. The minimum Gasteiger partial charge on any atom is -0.458 e. The largest absolute Gasteiger partial charge is 0.458 e. The number of carbonyl (C=O) groups excluding carboxylic acids is 3. The van der Waals surface area contributed by atoms with Crippen molar-refractivity contribution < 1.29 is 182 Å². The van der Waals surface area contributed by atoms with Crippen LogP contribution in [0.2, 0.25) is 0 Å². The number of anilines is 1. The Balaban J connectivity index is 0.790. The smallest absolute Gasteiger partial charge is 0.340 e. The van der Waals surface area contributed by atoms with Gasteiger partial charge in [0.15, 0.2) is 43.8 Å². The number of rotatable bonds is 20. The average Bonchev–Trinajstić information content (AvgIpc) is 0.667. The minimum absolute atomic E-state index is 0.0119. The molecular weight excluding hydrogens is 1570 g/mol. The van der Waals surface area contributed by atoms with Crippen LogP contribution in [-0.4, -0.2) is 369 Å².